The zero-order valence-corrected chi connectivity index (χ0v) is 11.1. The highest BCUT2D eigenvalue weighted by atomic mass is 16.5. The zero-order chi connectivity index (χ0) is 13.8. The van der Waals surface area contributed by atoms with E-state index in [9.17, 15) is 4.79 Å². The number of fused-ring (bicyclic) bond motifs is 1. The van der Waals surface area contributed by atoms with Crippen molar-refractivity contribution in [2.75, 3.05) is 13.2 Å². The van der Waals surface area contributed by atoms with E-state index in [1.807, 2.05) is 24.3 Å². The van der Waals surface area contributed by atoms with Crippen molar-refractivity contribution in [3.63, 3.8) is 0 Å². The van der Waals surface area contributed by atoms with Gasteiger partial charge >= 0.3 is 0 Å². The highest BCUT2D eigenvalue weighted by Crippen LogP contribution is 2.28. The van der Waals surface area contributed by atoms with Gasteiger partial charge in [-0.25, -0.2) is 0 Å². The number of hydrogen-bond acceptors (Lipinski definition) is 3. The Morgan fingerprint density at radius 3 is 2.85 bits per heavy atom. The number of benzene rings is 2. The molecule has 0 aliphatic carbocycles. The number of ether oxygens (including phenoxy) is 2. The van der Waals surface area contributed by atoms with E-state index in [4.69, 9.17) is 9.47 Å². The van der Waals surface area contributed by atoms with Gasteiger partial charge < -0.3 is 9.47 Å². The van der Waals surface area contributed by atoms with Gasteiger partial charge in [-0.15, -0.1) is 0 Å². The Morgan fingerprint density at radius 1 is 1.15 bits per heavy atom. The summed E-state index contributed by atoms with van der Waals surface area (Å²) >= 11 is 0. The van der Waals surface area contributed by atoms with E-state index >= 15 is 0 Å². The Bertz CT molecular complexity index is 607. The van der Waals surface area contributed by atoms with Crippen molar-refractivity contribution < 1.29 is 14.3 Å². The molecule has 0 fully saturated rings. The first-order chi connectivity index (χ1) is 9.88. The van der Waals surface area contributed by atoms with E-state index in [-0.39, 0.29) is 6.10 Å². The number of carbonyl (C=O) groups is 1. The van der Waals surface area contributed by atoms with Crippen LogP contribution >= 0.6 is 0 Å². The Morgan fingerprint density at radius 2 is 1.95 bits per heavy atom. The molecule has 20 heavy (non-hydrogen) atoms. The maximum atomic E-state index is 11.0. The fourth-order valence-electron chi connectivity index (χ4n) is 2.49. The monoisotopic (exact) mass is 268 g/mol. The molecule has 0 saturated heterocycles. The van der Waals surface area contributed by atoms with Crippen LogP contribution in [0.25, 0.3) is 0 Å². The first kappa shape index (κ1) is 12.9. The average Bonchev–Trinajstić information content (AvgIpc) is 2.53. The van der Waals surface area contributed by atoms with Crippen LogP contribution < -0.4 is 4.74 Å². The van der Waals surface area contributed by atoms with Gasteiger partial charge in [0.25, 0.3) is 0 Å². The van der Waals surface area contributed by atoms with E-state index in [0.29, 0.717) is 24.5 Å². The molecule has 102 valence electrons. The van der Waals surface area contributed by atoms with Gasteiger partial charge in [0.2, 0.25) is 0 Å². The van der Waals surface area contributed by atoms with Crippen molar-refractivity contribution in [2.24, 2.45) is 0 Å². The van der Waals surface area contributed by atoms with Crippen LogP contribution in [-0.2, 0) is 11.2 Å². The van der Waals surface area contributed by atoms with E-state index in [1.54, 1.807) is 12.1 Å². The summed E-state index contributed by atoms with van der Waals surface area (Å²) in [6, 6.07) is 15.5. The lowest BCUT2D eigenvalue weighted by Crippen LogP contribution is -2.21. The fraction of sp³-hybridized carbons (Fsp3) is 0.235. The van der Waals surface area contributed by atoms with E-state index in [2.05, 4.69) is 12.1 Å². The molecule has 1 heterocycles. The second kappa shape index (κ2) is 5.88. The molecule has 0 amide bonds. The van der Waals surface area contributed by atoms with Crippen LogP contribution in [0.4, 0.5) is 0 Å². The number of aldehydes is 1. The lowest BCUT2D eigenvalue weighted by Gasteiger charge is -2.26. The Hall–Kier alpha value is -2.13. The molecule has 1 aliphatic heterocycles. The molecule has 3 heteroatoms. The van der Waals surface area contributed by atoms with Gasteiger partial charge in [-0.05, 0) is 29.7 Å². The second-order valence-corrected chi connectivity index (χ2v) is 4.77. The third kappa shape index (κ3) is 2.58. The van der Waals surface area contributed by atoms with Crippen LogP contribution in [0.5, 0.6) is 5.75 Å². The summed E-state index contributed by atoms with van der Waals surface area (Å²) in [5.74, 6) is 0.606. The van der Waals surface area contributed by atoms with Crippen molar-refractivity contribution in [1.29, 1.82) is 0 Å². The molecule has 0 spiro atoms. The molecule has 0 N–H and O–H groups in total. The third-order valence-electron chi connectivity index (χ3n) is 3.53. The SMILES string of the molecule is O=Cc1ccccc1OCC1OCCc2ccccc21. The molecule has 0 bridgehead atoms. The summed E-state index contributed by atoms with van der Waals surface area (Å²) in [6.07, 6.45) is 1.68. The van der Waals surface area contributed by atoms with Crippen LogP contribution in [0.15, 0.2) is 48.5 Å². The topological polar surface area (TPSA) is 35.5 Å². The van der Waals surface area contributed by atoms with E-state index in [0.717, 1.165) is 12.7 Å². The third-order valence-corrected chi connectivity index (χ3v) is 3.53. The lowest BCUT2D eigenvalue weighted by atomic mass is 9.98. The van der Waals surface area contributed by atoms with Gasteiger partial charge in [0.15, 0.2) is 6.29 Å². The highest BCUT2D eigenvalue weighted by Gasteiger charge is 2.21. The normalized spacial score (nSPS) is 17.3. The zero-order valence-electron chi connectivity index (χ0n) is 11.1. The molecule has 1 aliphatic rings. The highest BCUT2D eigenvalue weighted by molar-refractivity contribution is 5.79. The number of rotatable bonds is 4. The van der Waals surface area contributed by atoms with Gasteiger partial charge in [0.05, 0.1) is 12.2 Å². The van der Waals surface area contributed by atoms with Crippen molar-refractivity contribution >= 4 is 6.29 Å². The van der Waals surface area contributed by atoms with Crippen molar-refractivity contribution in [3.8, 4) is 5.75 Å². The molecule has 0 radical (unpaired) electrons. The molecule has 1 unspecified atom stereocenters. The Kier molecular flexibility index (Phi) is 3.79. The van der Waals surface area contributed by atoms with E-state index < -0.39 is 0 Å². The van der Waals surface area contributed by atoms with Gasteiger partial charge in [-0.1, -0.05) is 36.4 Å². The van der Waals surface area contributed by atoms with Gasteiger partial charge in [-0.3, -0.25) is 4.79 Å². The van der Waals surface area contributed by atoms with Crippen molar-refractivity contribution in [2.45, 2.75) is 12.5 Å². The van der Waals surface area contributed by atoms with Crippen LogP contribution in [0, 0.1) is 0 Å². The molecule has 0 aromatic heterocycles. The largest absolute Gasteiger partial charge is 0.490 e. The Labute approximate surface area is 118 Å². The summed E-state index contributed by atoms with van der Waals surface area (Å²) < 4.78 is 11.6. The Balaban J connectivity index is 1.75. The molecule has 3 nitrogen and oxygen atoms in total. The molecular weight excluding hydrogens is 252 g/mol. The number of carbonyl (C=O) groups excluding carboxylic acids is 1. The predicted molar refractivity (Wildman–Crippen MR) is 76.2 cm³/mol. The van der Waals surface area contributed by atoms with Crippen LogP contribution in [-0.4, -0.2) is 19.5 Å². The average molecular weight is 268 g/mol. The molecule has 2 aromatic carbocycles. The summed E-state index contributed by atoms with van der Waals surface area (Å²) in [4.78, 5) is 11.0. The number of para-hydroxylation sites is 1. The van der Waals surface area contributed by atoms with E-state index in [1.165, 1.54) is 11.1 Å². The first-order valence-electron chi connectivity index (χ1n) is 6.75. The predicted octanol–water partition coefficient (Wildman–Crippen LogP) is 3.19. The summed E-state index contributed by atoms with van der Waals surface area (Å²) in [7, 11) is 0. The van der Waals surface area contributed by atoms with Crippen molar-refractivity contribution in [3.05, 3.63) is 65.2 Å². The first-order valence-corrected chi connectivity index (χ1v) is 6.75. The summed E-state index contributed by atoms with van der Waals surface area (Å²) in [5.41, 5.74) is 3.06. The van der Waals surface area contributed by atoms with Gasteiger partial charge in [-0.2, -0.15) is 0 Å². The number of hydrogen-bond donors (Lipinski definition) is 0. The standard InChI is InChI=1S/C17H16O3/c18-11-14-6-2-4-8-16(14)20-12-17-15-7-3-1-5-13(15)9-10-19-17/h1-8,11,17H,9-10,12H2. The summed E-state index contributed by atoms with van der Waals surface area (Å²) in [5, 5.41) is 0. The minimum absolute atomic E-state index is 0.0698. The van der Waals surface area contributed by atoms with Crippen LogP contribution in [0.1, 0.15) is 27.6 Å². The van der Waals surface area contributed by atoms with Gasteiger partial charge in [0.1, 0.15) is 18.5 Å². The minimum atomic E-state index is -0.0698. The minimum Gasteiger partial charge on any atom is -0.490 e. The molecule has 0 saturated carbocycles. The second-order valence-electron chi connectivity index (χ2n) is 4.77. The maximum Gasteiger partial charge on any atom is 0.153 e. The quantitative estimate of drug-likeness (QED) is 0.799. The van der Waals surface area contributed by atoms with Crippen LogP contribution in [0.2, 0.25) is 0 Å². The van der Waals surface area contributed by atoms with Crippen LogP contribution in [0.3, 0.4) is 0 Å². The fourth-order valence-corrected chi connectivity index (χ4v) is 2.49. The van der Waals surface area contributed by atoms with Crippen molar-refractivity contribution in [1.82, 2.24) is 0 Å². The maximum absolute atomic E-state index is 11.0. The van der Waals surface area contributed by atoms with Gasteiger partial charge in [0, 0.05) is 0 Å². The molecule has 3 rings (SSSR count). The smallest absolute Gasteiger partial charge is 0.153 e. The lowest BCUT2D eigenvalue weighted by molar-refractivity contribution is 0.0101. The summed E-state index contributed by atoms with van der Waals surface area (Å²) in [6.45, 7) is 1.13. The molecular formula is C17H16O3. The molecule has 1 atom stereocenters. The molecule has 2 aromatic rings.